The van der Waals surface area contributed by atoms with Crippen LogP contribution in [0.15, 0.2) is 23.0 Å². The predicted octanol–water partition coefficient (Wildman–Crippen LogP) is 3.18. The van der Waals surface area contributed by atoms with Gasteiger partial charge in [-0.2, -0.15) is 4.98 Å². The van der Waals surface area contributed by atoms with Gasteiger partial charge in [-0.1, -0.05) is 17.7 Å². The lowest BCUT2D eigenvalue weighted by Crippen LogP contribution is -2.42. The molecule has 0 aliphatic carbocycles. The van der Waals surface area contributed by atoms with Crippen LogP contribution in [0.1, 0.15) is 49.7 Å². The van der Waals surface area contributed by atoms with Gasteiger partial charge in [-0.05, 0) is 50.8 Å². The number of nitrogens with one attached hydrogen (secondary N) is 3. The second kappa shape index (κ2) is 8.10. The zero-order valence-electron chi connectivity index (χ0n) is 16.9. The Morgan fingerprint density at radius 1 is 1.30 bits per heavy atom. The Hall–Kier alpha value is -2.87. The van der Waals surface area contributed by atoms with Crippen LogP contribution in [0.3, 0.4) is 0 Å². The number of fused-ring (bicyclic) bond motifs is 1. The fourth-order valence-corrected chi connectivity index (χ4v) is 4.25. The molecule has 2 atom stereocenters. The van der Waals surface area contributed by atoms with Crippen molar-refractivity contribution in [3.63, 3.8) is 0 Å². The van der Waals surface area contributed by atoms with Crippen molar-refractivity contribution >= 4 is 40.9 Å². The van der Waals surface area contributed by atoms with Crippen molar-refractivity contribution in [2.75, 3.05) is 22.1 Å². The monoisotopic (exact) mass is 429 g/mol. The Labute approximate surface area is 179 Å². The third-order valence-electron chi connectivity index (χ3n) is 5.79. The third-order valence-corrected chi connectivity index (χ3v) is 6.02. The molecule has 30 heavy (non-hydrogen) atoms. The number of benzene rings is 1. The summed E-state index contributed by atoms with van der Waals surface area (Å²) in [5.74, 6) is -1.14. The number of aromatic amines is 1. The minimum atomic E-state index is -0.934. The first-order valence-electron chi connectivity index (χ1n) is 10.1. The summed E-state index contributed by atoms with van der Waals surface area (Å²) in [5, 5.41) is 5.95. The lowest BCUT2D eigenvalue weighted by molar-refractivity contribution is -0.123. The lowest BCUT2D eigenvalue weighted by Gasteiger charge is -2.34. The minimum Gasteiger partial charge on any atom is -0.340 e. The van der Waals surface area contributed by atoms with Crippen LogP contribution in [0.2, 0.25) is 5.02 Å². The Kier molecular flexibility index (Phi) is 5.51. The summed E-state index contributed by atoms with van der Waals surface area (Å²) >= 11 is 6.03. The smallest absolute Gasteiger partial charge is 0.258 e. The summed E-state index contributed by atoms with van der Waals surface area (Å²) in [6.45, 7) is 4.71. The summed E-state index contributed by atoms with van der Waals surface area (Å²) in [4.78, 5) is 47.6. The number of rotatable bonds is 3. The second-order valence-electron chi connectivity index (χ2n) is 7.94. The average Bonchev–Trinajstić information content (AvgIpc) is 2.70. The number of aryl methyl sites for hydroxylation is 1. The zero-order chi connectivity index (χ0) is 21.4. The summed E-state index contributed by atoms with van der Waals surface area (Å²) in [7, 11) is 0. The second-order valence-corrected chi connectivity index (χ2v) is 8.38. The molecule has 158 valence electrons. The third kappa shape index (κ3) is 3.92. The molecule has 8 nitrogen and oxygen atoms in total. The van der Waals surface area contributed by atoms with Gasteiger partial charge in [0.25, 0.3) is 5.56 Å². The van der Waals surface area contributed by atoms with Gasteiger partial charge in [-0.25, -0.2) is 0 Å². The van der Waals surface area contributed by atoms with Crippen LogP contribution in [0.5, 0.6) is 0 Å². The normalized spacial score (nSPS) is 21.0. The molecule has 4 rings (SSSR count). The molecular formula is C21H24ClN5O3. The Morgan fingerprint density at radius 2 is 2.10 bits per heavy atom. The van der Waals surface area contributed by atoms with Crippen molar-refractivity contribution in [2.45, 2.75) is 51.5 Å². The van der Waals surface area contributed by atoms with E-state index in [0.29, 0.717) is 16.7 Å². The van der Waals surface area contributed by atoms with Crippen LogP contribution in [-0.4, -0.2) is 34.4 Å². The largest absolute Gasteiger partial charge is 0.340 e. The molecule has 2 aromatic rings. The van der Waals surface area contributed by atoms with Gasteiger partial charge in [0.05, 0.1) is 11.5 Å². The van der Waals surface area contributed by atoms with Gasteiger partial charge in [0.2, 0.25) is 17.8 Å². The van der Waals surface area contributed by atoms with E-state index in [1.54, 1.807) is 18.2 Å². The van der Waals surface area contributed by atoms with E-state index in [1.165, 1.54) is 0 Å². The van der Waals surface area contributed by atoms with Gasteiger partial charge >= 0.3 is 0 Å². The van der Waals surface area contributed by atoms with Gasteiger partial charge in [-0.15, -0.1) is 0 Å². The molecule has 2 aliphatic heterocycles. The molecule has 0 unspecified atom stereocenters. The number of hydrogen-bond acceptors (Lipinski definition) is 5. The number of carbonyl (C=O) groups excluding carboxylic acids is 2. The van der Waals surface area contributed by atoms with E-state index in [4.69, 9.17) is 11.6 Å². The van der Waals surface area contributed by atoms with Crippen LogP contribution in [0, 0.1) is 6.92 Å². The van der Waals surface area contributed by atoms with Crippen LogP contribution >= 0.6 is 11.6 Å². The molecule has 1 aromatic heterocycles. The van der Waals surface area contributed by atoms with E-state index < -0.39 is 17.4 Å². The molecule has 0 saturated carbocycles. The first kappa shape index (κ1) is 20.4. The van der Waals surface area contributed by atoms with E-state index in [9.17, 15) is 14.4 Å². The number of H-pyrrole nitrogens is 1. The van der Waals surface area contributed by atoms with Gasteiger partial charge < -0.3 is 15.5 Å². The summed E-state index contributed by atoms with van der Waals surface area (Å²) < 4.78 is 0. The highest BCUT2D eigenvalue weighted by Gasteiger charge is 2.35. The molecule has 2 aliphatic rings. The maximum Gasteiger partial charge on any atom is 0.258 e. The molecule has 1 saturated heterocycles. The van der Waals surface area contributed by atoms with Crippen LogP contribution in [-0.2, 0) is 9.59 Å². The molecule has 2 amide bonds. The average molecular weight is 430 g/mol. The van der Waals surface area contributed by atoms with E-state index in [2.05, 4.69) is 27.5 Å². The summed E-state index contributed by atoms with van der Waals surface area (Å²) in [6, 6.07) is 5.40. The molecule has 3 heterocycles. The number of anilines is 3. The number of hydrogen-bond donors (Lipinski definition) is 3. The maximum absolute atomic E-state index is 13.0. The van der Waals surface area contributed by atoms with Crippen LogP contribution in [0.25, 0.3) is 0 Å². The molecule has 3 N–H and O–H groups in total. The Balaban J connectivity index is 1.67. The standard InChI is InChI=1S/C21H24ClN5O3/c1-11-6-7-13(22)9-15(11)23-19(29)14-10-16(28)24-18-17(14)20(30)26-21(25-18)27-8-4-3-5-12(27)2/h6-7,9,12,14H,3-5,8,10H2,1-2H3,(H,23,29)(H2,24,25,26,28,30)/t12-,14-/m1/s1. The van der Waals surface area contributed by atoms with Crippen molar-refractivity contribution in [3.05, 3.63) is 44.7 Å². The summed E-state index contributed by atoms with van der Waals surface area (Å²) in [6.07, 6.45) is 3.04. The van der Waals surface area contributed by atoms with E-state index in [1.807, 2.05) is 11.8 Å². The van der Waals surface area contributed by atoms with E-state index in [-0.39, 0.29) is 29.8 Å². The molecule has 9 heteroatoms. The van der Waals surface area contributed by atoms with Crippen molar-refractivity contribution in [3.8, 4) is 0 Å². The summed E-state index contributed by atoms with van der Waals surface area (Å²) in [5.41, 5.74) is 1.15. The van der Waals surface area contributed by atoms with Gasteiger partial charge in [0.15, 0.2) is 0 Å². The van der Waals surface area contributed by atoms with Crippen molar-refractivity contribution in [2.24, 2.45) is 0 Å². The number of carbonyl (C=O) groups is 2. The molecule has 0 radical (unpaired) electrons. The maximum atomic E-state index is 13.0. The molecule has 1 aromatic carbocycles. The SMILES string of the molecule is Cc1ccc(Cl)cc1NC(=O)[C@@H]1CC(=O)Nc2nc(N3CCCC[C@H]3C)[nH]c(=O)c21. The predicted molar refractivity (Wildman–Crippen MR) is 116 cm³/mol. The van der Waals surface area contributed by atoms with Crippen LogP contribution in [0.4, 0.5) is 17.5 Å². The topological polar surface area (TPSA) is 107 Å². The fourth-order valence-electron chi connectivity index (χ4n) is 4.08. The number of amides is 2. The fraction of sp³-hybridized carbons (Fsp3) is 0.429. The highest BCUT2D eigenvalue weighted by molar-refractivity contribution is 6.31. The molecule has 0 spiro atoms. The van der Waals surface area contributed by atoms with Crippen molar-refractivity contribution in [1.82, 2.24) is 9.97 Å². The van der Waals surface area contributed by atoms with Gasteiger partial charge in [0, 0.05) is 29.7 Å². The quantitative estimate of drug-likeness (QED) is 0.694. The highest BCUT2D eigenvalue weighted by atomic mass is 35.5. The molecular weight excluding hydrogens is 406 g/mol. The highest BCUT2D eigenvalue weighted by Crippen LogP contribution is 2.32. The van der Waals surface area contributed by atoms with E-state index in [0.717, 1.165) is 31.4 Å². The van der Waals surface area contributed by atoms with E-state index >= 15 is 0 Å². The van der Waals surface area contributed by atoms with Crippen molar-refractivity contribution in [1.29, 1.82) is 0 Å². The van der Waals surface area contributed by atoms with Gasteiger partial charge in [-0.3, -0.25) is 19.4 Å². The van der Waals surface area contributed by atoms with Crippen molar-refractivity contribution < 1.29 is 9.59 Å². The number of nitrogens with zero attached hydrogens (tertiary/aromatic N) is 2. The Bertz CT molecular complexity index is 1070. The zero-order valence-corrected chi connectivity index (χ0v) is 17.7. The number of halogens is 1. The molecule has 1 fully saturated rings. The van der Waals surface area contributed by atoms with Gasteiger partial charge in [0.1, 0.15) is 5.82 Å². The first-order chi connectivity index (χ1) is 14.3. The first-order valence-corrected chi connectivity index (χ1v) is 10.5. The lowest BCUT2D eigenvalue weighted by atomic mass is 9.92. The minimum absolute atomic E-state index is 0.122. The Morgan fingerprint density at radius 3 is 2.87 bits per heavy atom. The molecule has 0 bridgehead atoms. The van der Waals surface area contributed by atoms with Crippen LogP contribution < -0.4 is 21.1 Å². The number of piperidine rings is 1. The number of aromatic nitrogens is 2.